The van der Waals surface area contributed by atoms with Crippen LogP contribution in [0.15, 0.2) is 24.3 Å². The summed E-state index contributed by atoms with van der Waals surface area (Å²) in [5.74, 6) is -17.0. The maximum absolute atomic E-state index is 14.7. The lowest BCUT2D eigenvalue weighted by Gasteiger charge is -2.34. The van der Waals surface area contributed by atoms with E-state index in [0.29, 0.717) is 0 Å². The van der Waals surface area contributed by atoms with Crippen LogP contribution in [0, 0.1) is 35.0 Å². The fourth-order valence-electron chi connectivity index (χ4n) is 5.54. The summed E-state index contributed by atoms with van der Waals surface area (Å²) in [6.45, 7) is 0. The SMILES string of the molecule is CN1C(=O)[C@H]2C[C@H]([C@H](O)c3c(F)c(F)c(F)c(F)c3F)c3c(n(S(=O)(=O)N(C)C)c4ccccc34)[C@H]2C1=O. The van der Waals surface area contributed by atoms with E-state index in [2.05, 4.69) is 0 Å². The molecule has 2 aromatic carbocycles. The lowest BCUT2D eigenvalue weighted by atomic mass is 9.70. The topological polar surface area (TPSA) is 99.9 Å². The maximum atomic E-state index is 14.7. The molecule has 1 saturated heterocycles. The van der Waals surface area contributed by atoms with Gasteiger partial charge in [-0.15, -0.1) is 0 Å². The van der Waals surface area contributed by atoms with Crippen molar-refractivity contribution >= 4 is 32.9 Å². The van der Waals surface area contributed by atoms with E-state index < -0.39 is 87.0 Å². The van der Waals surface area contributed by atoms with Gasteiger partial charge in [0.2, 0.25) is 17.6 Å². The van der Waals surface area contributed by atoms with Crippen LogP contribution >= 0.6 is 0 Å². The second-order valence-electron chi connectivity index (χ2n) is 9.46. The zero-order valence-electron chi connectivity index (χ0n) is 20.0. The number of carbonyl (C=O) groups is 2. The van der Waals surface area contributed by atoms with Crippen LogP contribution in [-0.4, -0.2) is 59.7 Å². The Labute approximate surface area is 213 Å². The van der Waals surface area contributed by atoms with E-state index in [9.17, 15) is 45.1 Å². The number of rotatable bonds is 4. The van der Waals surface area contributed by atoms with Crippen molar-refractivity contribution in [2.24, 2.45) is 5.92 Å². The first kappa shape index (κ1) is 26.3. The van der Waals surface area contributed by atoms with E-state index in [1.807, 2.05) is 0 Å². The minimum Gasteiger partial charge on any atom is -0.388 e. The molecule has 1 aromatic heterocycles. The van der Waals surface area contributed by atoms with Crippen LogP contribution in [0.3, 0.4) is 0 Å². The predicted octanol–water partition coefficient (Wildman–Crippen LogP) is 2.91. The Morgan fingerprint density at radius 1 is 0.947 bits per heavy atom. The number of imide groups is 1. The van der Waals surface area contributed by atoms with Gasteiger partial charge in [-0.25, -0.2) is 25.9 Å². The third-order valence-corrected chi connectivity index (χ3v) is 9.12. The normalized spacial score (nSPS) is 22.4. The highest BCUT2D eigenvalue weighted by Gasteiger charge is 2.56. The number of benzene rings is 2. The Balaban J connectivity index is 1.88. The summed E-state index contributed by atoms with van der Waals surface area (Å²) >= 11 is 0. The van der Waals surface area contributed by atoms with Crippen molar-refractivity contribution in [1.82, 2.24) is 13.2 Å². The molecule has 0 bridgehead atoms. The molecule has 202 valence electrons. The molecule has 0 saturated carbocycles. The van der Waals surface area contributed by atoms with Gasteiger partial charge in [-0.3, -0.25) is 14.5 Å². The fraction of sp³-hybridized carbons (Fsp3) is 0.333. The van der Waals surface area contributed by atoms with E-state index in [4.69, 9.17) is 0 Å². The highest BCUT2D eigenvalue weighted by Crippen LogP contribution is 2.55. The minimum absolute atomic E-state index is 0.0382. The number of nitrogens with zero attached hydrogens (tertiary/aromatic N) is 3. The van der Waals surface area contributed by atoms with Crippen molar-refractivity contribution in [2.75, 3.05) is 21.1 Å². The molecule has 1 N–H and O–H groups in total. The molecule has 1 aliphatic carbocycles. The summed E-state index contributed by atoms with van der Waals surface area (Å²) < 4.78 is 99.9. The molecule has 0 radical (unpaired) electrons. The number of likely N-dealkylation sites (tertiary alicyclic amines) is 1. The highest BCUT2D eigenvalue weighted by molar-refractivity contribution is 7.87. The number of carbonyl (C=O) groups excluding carboxylic acids is 2. The van der Waals surface area contributed by atoms with Crippen molar-refractivity contribution in [3.63, 3.8) is 0 Å². The first-order valence-electron chi connectivity index (χ1n) is 11.3. The van der Waals surface area contributed by atoms with Crippen LogP contribution in [0.1, 0.15) is 41.2 Å². The predicted molar refractivity (Wildman–Crippen MR) is 123 cm³/mol. The molecule has 0 unspecified atom stereocenters. The summed E-state index contributed by atoms with van der Waals surface area (Å²) in [4.78, 5) is 27.0. The van der Waals surface area contributed by atoms with E-state index in [1.165, 1.54) is 45.4 Å². The zero-order chi connectivity index (χ0) is 28.0. The molecule has 4 atom stereocenters. The zero-order valence-corrected chi connectivity index (χ0v) is 20.9. The van der Waals surface area contributed by atoms with Crippen LogP contribution in [0.5, 0.6) is 0 Å². The summed E-state index contributed by atoms with van der Waals surface area (Å²) in [6, 6.07) is 5.85. The van der Waals surface area contributed by atoms with E-state index in [0.717, 1.165) is 13.2 Å². The van der Waals surface area contributed by atoms with Crippen molar-refractivity contribution < 1.29 is 45.1 Å². The van der Waals surface area contributed by atoms with E-state index >= 15 is 0 Å². The Morgan fingerprint density at radius 2 is 1.50 bits per heavy atom. The van der Waals surface area contributed by atoms with Gasteiger partial charge in [-0.2, -0.15) is 12.7 Å². The highest BCUT2D eigenvalue weighted by atomic mass is 32.2. The second-order valence-corrected chi connectivity index (χ2v) is 11.5. The quantitative estimate of drug-likeness (QED) is 0.230. The first-order chi connectivity index (χ1) is 17.7. The van der Waals surface area contributed by atoms with Crippen LogP contribution < -0.4 is 0 Å². The fourth-order valence-corrected chi connectivity index (χ4v) is 6.73. The summed E-state index contributed by atoms with van der Waals surface area (Å²) in [5.41, 5.74) is -1.74. The van der Waals surface area contributed by atoms with Gasteiger partial charge < -0.3 is 5.11 Å². The number of hydrogen-bond donors (Lipinski definition) is 1. The van der Waals surface area contributed by atoms with E-state index in [1.54, 1.807) is 0 Å². The smallest absolute Gasteiger partial charge is 0.307 e. The number of likely N-dealkylation sites (N-methyl/N-ethyl adjacent to an activating group) is 1. The van der Waals surface area contributed by atoms with E-state index in [-0.39, 0.29) is 22.2 Å². The van der Waals surface area contributed by atoms with Crippen LogP contribution in [0.2, 0.25) is 0 Å². The number of amides is 2. The van der Waals surface area contributed by atoms with Gasteiger partial charge in [0, 0.05) is 32.4 Å². The van der Waals surface area contributed by atoms with Gasteiger partial charge >= 0.3 is 10.2 Å². The average molecular weight is 557 g/mol. The van der Waals surface area contributed by atoms with Gasteiger partial charge in [0.1, 0.15) is 0 Å². The number of hydrogen-bond acceptors (Lipinski definition) is 5. The largest absolute Gasteiger partial charge is 0.388 e. The lowest BCUT2D eigenvalue weighted by Crippen LogP contribution is -2.35. The molecule has 5 rings (SSSR count). The molecule has 3 aromatic rings. The van der Waals surface area contributed by atoms with Crippen molar-refractivity contribution in [1.29, 1.82) is 0 Å². The number of aliphatic hydroxyl groups is 1. The van der Waals surface area contributed by atoms with Gasteiger partial charge in [0.05, 0.1) is 34.7 Å². The van der Waals surface area contributed by atoms with Gasteiger partial charge in [0.25, 0.3) is 0 Å². The molecule has 0 spiro atoms. The molecule has 8 nitrogen and oxygen atoms in total. The average Bonchev–Trinajstić information content (AvgIpc) is 3.34. The molecule has 1 aliphatic heterocycles. The molecule has 2 amide bonds. The molecule has 38 heavy (non-hydrogen) atoms. The monoisotopic (exact) mass is 557 g/mol. The first-order valence-corrected chi connectivity index (χ1v) is 12.7. The molecule has 2 heterocycles. The maximum Gasteiger partial charge on any atom is 0.307 e. The van der Waals surface area contributed by atoms with Crippen LogP contribution in [0.25, 0.3) is 10.9 Å². The van der Waals surface area contributed by atoms with Gasteiger partial charge in [0.15, 0.2) is 23.3 Å². The Bertz CT molecular complexity index is 1630. The summed E-state index contributed by atoms with van der Waals surface area (Å²) in [7, 11) is -0.737. The Kier molecular flexibility index (Phi) is 5.93. The number of aliphatic hydroxyl groups excluding tert-OH is 1. The summed E-state index contributed by atoms with van der Waals surface area (Å²) in [6.07, 6.45) is -2.82. The van der Waals surface area contributed by atoms with Gasteiger partial charge in [-0.05, 0) is 18.1 Å². The Morgan fingerprint density at radius 3 is 2.08 bits per heavy atom. The Hall–Kier alpha value is -3.36. The second kappa shape index (κ2) is 8.58. The third-order valence-electron chi connectivity index (χ3n) is 7.34. The molecule has 1 fully saturated rings. The van der Waals surface area contributed by atoms with Crippen molar-refractivity contribution in [2.45, 2.75) is 24.4 Å². The van der Waals surface area contributed by atoms with Crippen molar-refractivity contribution in [3.8, 4) is 0 Å². The van der Waals surface area contributed by atoms with Crippen LogP contribution in [0.4, 0.5) is 22.0 Å². The standard InChI is InChI=1S/C24H20F5N3O5S/c1-30(2)38(36,37)32-12-7-5-4-6-9(12)13-10(8-11-14(21(13)32)24(35)31(3)23(11)34)22(33)15-16(25)18(27)20(29)19(28)17(15)26/h4-7,10-11,14,22,33H,8H2,1-3H3/t10-,11-,14-,22-/m0/s1. The van der Waals surface area contributed by atoms with Gasteiger partial charge in [-0.1, -0.05) is 18.2 Å². The number of aromatic nitrogens is 1. The molecule has 14 heteroatoms. The van der Waals surface area contributed by atoms with Crippen molar-refractivity contribution in [3.05, 3.63) is 70.2 Å². The minimum atomic E-state index is -4.38. The molecule has 2 aliphatic rings. The number of fused-ring (bicyclic) bond motifs is 5. The lowest BCUT2D eigenvalue weighted by molar-refractivity contribution is -0.137. The number of para-hydroxylation sites is 1. The molecular formula is C24H20F5N3O5S. The van der Waals surface area contributed by atoms with Crippen LogP contribution in [-0.2, 0) is 19.8 Å². The molecular weight excluding hydrogens is 537 g/mol. The summed E-state index contributed by atoms with van der Waals surface area (Å²) in [5, 5.41) is 11.4. The third kappa shape index (κ3) is 3.29. The number of halogens is 5.